The predicted molar refractivity (Wildman–Crippen MR) is 66.2 cm³/mol. The number of anilines is 1. The molecule has 0 aromatic heterocycles. The molecule has 2 rings (SSSR count). The van der Waals surface area contributed by atoms with E-state index in [1.165, 1.54) is 0 Å². The van der Waals surface area contributed by atoms with Crippen molar-refractivity contribution in [2.45, 2.75) is 6.04 Å². The van der Waals surface area contributed by atoms with Crippen LogP contribution < -0.4 is 20.7 Å². The maximum Gasteiger partial charge on any atom is 0.236 e. The molecule has 17 heavy (non-hydrogen) atoms. The van der Waals surface area contributed by atoms with Crippen LogP contribution in [-0.4, -0.2) is 38.7 Å². The highest BCUT2D eigenvalue weighted by Crippen LogP contribution is 2.20. The Morgan fingerprint density at radius 2 is 2.18 bits per heavy atom. The molecule has 0 unspecified atom stereocenters. The molecule has 0 bridgehead atoms. The molecule has 5 nitrogen and oxygen atoms in total. The SMILES string of the molecule is COc1ccc(N2CCN[C@@H](C(N)=O)C2)cc1. The quantitative estimate of drug-likeness (QED) is 0.771. The Kier molecular flexibility index (Phi) is 3.49. The first-order valence-corrected chi connectivity index (χ1v) is 5.62. The number of primary amides is 1. The second-order valence-electron chi connectivity index (χ2n) is 4.05. The molecule has 3 N–H and O–H groups in total. The van der Waals surface area contributed by atoms with Crippen LogP contribution in [0.3, 0.4) is 0 Å². The zero-order valence-electron chi connectivity index (χ0n) is 9.85. The van der Waals surface area contributed by atoms with Crippen molar-refractivity contribution in [3.05, 3.63) is 24.3 Å². The van der Waals surface area contributed by atoms with Gasteiger partial charge in [0.25, 0.3) is 0 Å². The monoisotopic (exact) mass is 235 g/mol. The van der Waals surface area contributed by atoms with E-state index in [0.29, 0.717) is 6.54 Å². The molecule has 1 fully saturated rings. The molecule has 0 radical (unpaired) electrons. The lowest BCUT2D eigenvalue weighted by atomic mass is 10.1. The Morgan fingerprint density at radius 1 is 1.47 bits per heavy atom. The summed E-state index contributed by atoms with van der Waals surface area (Å²) < 4.78 is 5.11. The number of hydrogen-bond donors (Lipinski definition) is 2. The lowest BCUT2D eigenvalue weighted by Gasteiger charge is -2.33. The second-order valence-corrected chi connectivity index (χ2v) is 4.05. The van der Waals surface area contributed by atoms with Crippen LogP contribution in [0.4, 0.5) is 5.69 Å². The Morgan fingerprint density at radius 3 is 2.76 bits per heavy atom. The van der Waals surface area contributed by atoms with Crippen LogP contribution in [0.15, 0.2) is 24.3 Å². The van der Waals surface area contributed by atoms with Gasteiger partial charge < -0.3 is 20.7 Å². The van der Waals surface area contributed by atoms with Crippen LogP contribution in [0.2, 0.25) is 0 Å². The van der Waals surface area contributed by atoms with Gasteiger partial charge in [-0.3, -0.25) is 4.79 Å². The van der Waals surface area contributed by atoms with Crippen LogP contribution in [0.5, 0.6) is 5.75 Å². The molecule has 1 atom stereocenters. The molecule has 1 aromatic carbocycles. The van der Waals surface area contributed by atoms with Gasteiger partial charge in [-0.2, -0.15) is 0 Å². The van der Waals surface area contributed by atoms with Crippen molar-refractivity contribution in [1.82, 2.24) is 5.32 Å². The standard InChI is InChI=1S/C12H17N3O2/c1-17-10-4-2-9(3-5-10)15-7-6-14-11(8-15)12(13)16/h2-5,11,14H,6-8H2,1H3,(H2,13,16)/t11-/m1/s1. The number of hydrogen-bond acceptors (Lipinski definition) is 4. The number of amides is 1. The van der Waals surface area contributed by atoms with Crippen molar-refractivity contribution in [2.75, 3.05) is 31.6 Å². The summed E-state index contributed by atoms with van der Waals surface area (Å²) in [5.74, 6) is 0.526. The fourth-order valence-corrected chi connectivity index (χ4v) is 1.97. The number of piperazine rings is 1. The van der Waals surface area contributed by atoms with E-state index in [1.807, 2.05) is 24.3 Å². The first kappa shape index (κ1) is 11.7. The summed E-state index contributed by atoms with van der Waals surface area (Å²) in [5, 5.41) is 3.10. The van der Waals surface area contributed by atoms with Gasteiger partial charge in [0.05, 0.1) is 7.11 Å². The minimum atomic E-state index is -0.303. The summed E-state index contributed by atoms with van der Waals surface area (Å²) >= 11 is 0. The van der Waals surface area contributed by atoms with Gasteiger partial charge in [0.1, 0.15) is 11.8 Å². The average Bonchev–Trinajstić information content (AvgIpc) is 2.39. The van der Waals surface area contributed by atoms with Crippen LogP contribution in [-0.2, 0) is 4.79 Å². The van der Waals surface area contributed by atoms with Crippen molar-refractivity contribution in [3.8, 4) is 5.75 Å². The van der Waals surface area contributed by atoms with Gasteiger partial charge in [-0.05, 0) is 24.3 Å². The van der Waals surface area contributed by atoms with Crippen molar-refractivity contribution in [2.24, 2.45) is 5.73 Å². The van der Waals surface area contributed by atoms with Crippen molar-refractivity contribution in [1.29, 1.82) is 0 Å². The predicted octanol–water partition coefficient (Wildman–Crippen LogP) is -0.0413. The molecule has 1 heterocycles. The first-order chi connectivity index (χ1) is 8.20. The minimum absolute atomic E-state index is 0.272. The molecule has 0 aliphatic carbocycles. The average molecular weight is 235 g/mol. The van der Waals surface area contributed by atoms with Crippen LogP contribution >= 0.6 is 0 Å². The van der Waals surface area contributed by atoms with Gasteiger partial charge in [0, 0.05) is 25.3 Å². The van der Waals surface area contributed by atoms with E-state index in [2.05, 4.69) is 10.2 Å². The molecular formula is C12H17N3O2. The molecule has 1 amide bonds. The minimum Gasteiger partial charge on any atom is -0.497 e. The van der Waals surface area contributed by atoms with Gasteiger partial charge >= 0.3 is 0 Å². The van der Waals surface area contributed by atoms with Gasteiger partial charge in [0.2, 0.25) is 5.91 Å². The zero-order valence-corrected chi connectivity index (χ0v) is 9.85. The number of methoxy groups -OCH3 is 1. The van der Waals surface area contributed by atoms with E-state index in [-0.39, 0.29) is 11.9 Å². The number of ether oxygens (including phenoxy) is 1. The third-order valence-corrected chi connectivity index (χ3v) is 2.96. The van der Waals surface area contributed by atoms with E-state index < -0.39 is 0 Å². The van der Waals surface area contributed by atoms with Gasteiger partial charge in [-0.15, -0.1) is 0 Å². The molecule has 0 saturated carbocycles. The third kappa shape index (κ3) is 2.68. The van der Waals surface area contributed by atoms with Crippen molar-refractivity contribution in [3.63, 3.8) is 0 Å². The Hall–Kier alpha value is -1.75. The van der Waals surface area contributed by atoms with E-state index in [0.717, 1.165) is 24.5 Å². The van der Waals surface area contributed by atoms with E-state index in [4.69, 9.17) is 10.5 Å². The summed E-state index contributed by atoms with van der Waals surface area (Å²) in [4.78, 5) is 13.3. The fourth-order valence-electron chi connectivity index (χ4n) is 1.97. The van der Waals surface area contributed by atoms with Gasteiger partial charge in [-0.1, -0.05) is 0 Å². The van der Waals surface area contributed by atoms with Crippen molar-refractivity contribution < 1.29 is 9.53 Å². The van der Waals surface area contributed by atoms with Crippen LogP contribution in [0.1, 0.15) is 0 Å². The summed E-state index contributed by atoms with van der Waals surface area (Å²) in [6, 6.07) is 7.53. The summed E-state index contributed by atoms with van der Waals surface area (Å²) in [6.07, 6.45) is 0. The normalized spacial score (nSPS) is 20.1. The van der Waals surface area contributed by atoms with E-state index in [9.17, 15) is 4.79 Å². The molecule has 1 aliphatic heterocycles. The number of nitrogens with two attached hydrogens (primary N) is 1. The third-order valence-electron chi connectivity index (χ3n) is 2.96. The summed E-state index contributed by atoms with van der Waals surface area (Å²) in [5.41, 5.74) is 6.39. The zero-order chi connectivity index (χ0) is 12.3. The molecule has 0 spiro atoms. The topological polar surface area (TPSA) is 67.6 Å². The molecule has 1 aromatic rings. The number of carbonyl (C=O) groups is 1. The maximum absolute atomic E-state index is 11.1. The lowest BCUT2D eigenvalue weighted by molar-refractivity contribution is -0.120. The Bertz CT molecular complexity index is 391. The fraction of sp³-hybridized carbons (Fsp3) is 0.417. The lowest BCUT2D eigenvalue weighted by Crippen LogP contribution is -2.56. The number of rotatable bonds is 3. The maximum atomic E-state index is 11.1. The van der Waals surface area contributed by atoms with Gasteiger partial charge in [0.15, 0.2) is 0 Å². The molecule has 92 valence electrons. The number of nitrogens with zero attached hydrogens (tertiary/aromatic N) is 1. The highest BCUT2D eigenvalue weighted by Gasteiger charge is 2.23. The number of nitrogens with one attached hydrogen (secondary N) is 1. The largest absolute Gasteiger partial charge is 0.497 e. The number of benzene rings is 1. The summed E-state index contributed by atoms with van der Waals surface area (Å²) in [7, 11) is 1.64. The Labute approximate surface area is 101 Å². The van der Waals surface area contributed by atoms with Crippen molar-refractivity contribution >= 4 is 11.6 Å². The van der Waals surface area contributed by atoms with Crippen LogP contribution in [0.25, 0.3) is 0 Å². The van der Waals surface area contributed by atoms with Gasteiger partial charge in [-0.25, -0.2) is 0 Å². The highest BCUT2D eigenvalue weighted by atomic mass is 16.5. The molecule has 1 aliphatic rings. The van der Waals surface area contributed by atoms with Crippen LogP contribution in [0, 0.1) is 0 Å². The number of carbonyl (C=O) groups excluding carboxylic acids is 1. The molecular weight excluding hydrogens is 218 g/mol. The summed E-state index contributed by atoms with van der Waals surface area (Å²) in [6.45, 7) is 2.25. The highest BCUT2D eigenvalue weighted by molar-refractivity contribution is 5.81. The molecule has 1 saturated heterocycles. The van der Waals surface area contributed by atoms with E-state index in [1.54, 1.807) is 7.11 Å². The first-order valence-electron chi connectivity index (χ1n) is 5.62. The smallest absolute Gasteiger partial charge is 0.236 e. The molecule has 5 heteroatoms. The van der Waals surface area contributed by atoms with E-state index >= 15 is 0 Å². The second kappa shape index (κ2) is 5.05. The Balaban J connectivity index is 2.08.